The van der Waals surface area contributed by atoms with E-state index in [0.717, 1.165) is 42.2 Å². The molecule has 2 atom stereocenters. The first-order chi connectivity index (χ1) is 7.66. The molecule has 0 spiro atoms. The molecule has 1 aromatic rings. The molecule has 2 N–H and O–H groups in total. The molecule has 2 nitrogen and oxygen atoms in total. The number of benzene rings is 1. The van der Waals surface area contributed by atoms with Gasteiger partial charge < -0.3 is 10.5 Å². The van der Waals surface area contributed by atoms with E-state index in [-0.39, 0.29) is 6.04 Å². The van der Waals surface area contributed by atoms with Crippen molar-refractivity contribution in [1.29, 1.82) is 0 Å². The molecular weight excluding hydrogens is 222 g/mol. The molecule has 16 heavy (non-hydrogen) atoms. The van der Waals surface area contributed by atoms with Crippen molar-refractivity contribution in [3.05, 3.63) is 34.3 Å². The Kier molecular flexibility index (Phi) is 3.85. The lowest BCUT2D eigenvalue weighted by Gasteiger charge is -2.28. The second-order valence-electron chi connectivity index (χ2n) is 4.56. The minimum absolute atomic E-state index is 0.0395. The average molecular weight is 240 g/mol. The van der Waals surface area contributed by atoms with E-state index in [9.17, 15) is 0 Å². The summed E-state index contributed by atoms with van der Waals surface area (Å²) in [6, 6.07) is 6.08. The van der Waals surface area contributed by atoms with Crippen molar-refractivity contribution in [2.45, 2.75) is 25.8 Å². The van der Waals surface area contributed by atoms with Gasteiger partial charge in [0.1, 0.15) is 0 Å². The minimum atomic E-state index is 0.0395. The molecular formula is C13H18ClNO. The van der Waals surface area contributed by atoms with Crippen LogP contribution in [-0.4, -0.2) is 13.2 Å². The van der Waals surface area contributed by atoms with Gasteiger partial charge in [-0.05, 0) is 43.0 Å². The van der Waals surface area contributed by atoms with Gasteiger partial charge in [0, 0.05) is 23.6 Å². The zero-order chi connectivity index (χ0) is 11.5. The summed E-state index contributed by atoms with van der Waals surface area (Å²) in [4.78, 5) is 0. The lowest BCUT2D eigenvalue weighted by molar-refractivity contribution is 0.0447. The van der Waals surface area contributed by atoms with Gasteiger partial charge in [0.15, 0.2) is 0 Å². The Bertz CT molecular complexity index is 341. The third kappa shape index (κ3) is 2.76. The smallest absolute Gasteiger partial charge is 0.0512 e. The molecule has 0 aliphatic carbocycles. The monoisotopic (exact) mass is 239 g/mol. The molecule has 0 aromatic heterocycles. The maximum Gasteiger partial charge on any atom is 0.0512 e. The number of nitrogens with two attached hydrogens (primary N) is 1. The van der Waals surface area contributed by atoms with Crippen LogP contribution in [0.2, 0.25) is 5.02 Å². The highest BCUT2D eigenvalue weighted by molar-refractivity contribution is 6.30. The topological polar surface area (TPSA) is 35.2 Å². The van der Waals surface area contributed by atoms with Crippen molar-refractivity contribution in [3.8, 4) is 0 Å². The van der Waals surface area contributed by atoms with E-state index in [4.69, 9.17) is 22.1 Å². The van der Waals surface area contributed by atoms with Gasteiger partial charge >= 0.3 is 0 Å². The first-order valence-electron chi connectivity index (χ1n) is 5.77. The molecule has 2 rings (SSSR count). The fourth-order valence-electron chi connectivity index (χ4n) is 2.28. The number of hydrogen-bond donors (Lipinski definition) is 1. The van der Waals surface area contributed by atoms with Crippen LogP contribution >= 0.6 is 11.6 Å². The summed E-state index contributed by atoms with van der Waals surface area (Å²) in [5, 5.41) is 0.766. The van der Waals surface area contributed by atoms with Crippen LogP contribution in [0.15, 0.2) is 18.2 Å². The number of rotatable bonds is 2. The molecule has 88 valence electrons. The number of ether oxygens (including phenoxy) is 1. The van der Waals surface area contributed by atoms with Gasteiger partial charge in [0.2, 0.25) is 0 Å². The maximum absolute atomic E-state index is 6.27. The van der Waals surface area contributed by atoms with Gasteiger partial charge in [-0.1, -0.05) is 17.7 Å². The predicted octanol–water partition coefficient (Wildman–Crippen LogP) is 3.07. The average Bonchev–Trinajstić information content (AvgIpc) is 2.28. The van der Waals surface area contributed by atoms with Crippen molar-refractivity contribution >= 4 is 11.6 Å². The summed E-state index contributed by atoms with van der Waals surface area (Å²) < 4.78 is 5.47. The Balaban J connectivity index is 2.15. The van der Waals surface area contributed by atoms with Crippen molar-refractivity contribution in [3.63, 3.8) is 0 Å². The highest BCUT2D eigenvalue weighted by atomic mass is 35.5. The summed E-state index contributed by atoms with van der Waals surface area (Å²) >= 11 is 6.05. The molecule has 1 saturated heterocycles. The van der Waals surface area contributed by atoms with Crippen LogP contribution in [-0.2, 0) is 4.74 Å². The van der Waals surface area contributed by atoms with Crippen LogP contribution in [0.4, 0.5) is 0 Å². The Morgan fingerprint density at radius 3 is 2.88 bits per heavy atom. The van der Waals surface area contributed by atoms with Crippen molar-refractivity contribution < 1.29 is 4.74 Å². The Hall–Kier alpha value is -0.570. The van der Waals surface area contributed by atoms with Crippen LogP contribution in [0.25, 0.3) is 0 Å². The molecule has 3 heteroatoms. The van der Waals surface area contributed by atoms with Gasteiger partial charge in [-0.2, -0.15) is 0 Å². The van der Waals surface area contributed by atoms with E-state index in [1.807, 2.05) is 19.1 Å². The molecule has 0 bridgehead atoms. The van der Waals surface area contributed by atoms with E-state index >= 15 is 0 Å². The third-order valence-corrected chi connectivity index (χ3v) is 3.37. The maximum atomic E-state index is 6.27. The first-order valence-corrected chi connectivity index (χ1v) is 6.15. The van der Waals surface area contributed by atoms with Crippen LogP contribution in [0.5, 0.6) is 0 Å². The molecule has 0 radical (unpaired) electrons. The molecule has 2 unspecified atom stereocenters. The molecule has 1 aliphatic heterocycles. The van der Waals surface area contributed by atoms with Crippen LogP contribution in [0.3, 0.4) is 0 Å². The van der Waals surface area contributed by atoms with Crippen LogP contribution < -0.4 is 5.73 Å². The number of hydrogen-bond acceptors (Lipinski definition) is 2. The fourth-order valence-corrected chi connectivity index (χ4v) is 2.58. The molecule has 1 fully saturated rings. The highest BCUT2D eigenvalue weighted by Gasteiger charge is 2.22. The van der Waals surface area contributed by atoms with E-state index in [2.05, 4.69) is 6.07 Å². The lowest BCUT2D eigenvalue weighted by Crippen LogP contribution is -2.29. The SMILES string of the molecule is Cc1cc(Cl)cc(C(N)C2CCCOC2)c1. The van der Waals surface area contributed by atoms with E-state index < -0.39 is 0 Å². The minimum Gasteiger partial charge on any atom is -0.381 e. The molecule has 1 heterocycles. The van der Waals surface area contributed by atoms with Gasteiger partial charge in [-0.25, -0.2) is 0 Å². The van der Waals surface area contributed by atoms with E-state index in [1.54, 1.807) is 0 Å². The standard InChI is InChI=1S/C13H18ClNO/c1-9-5-11(7-12(14)6-9)13(15)10-3-2-4-16-8-10/h5-7,10,13H,2-4,8,15H2,1H3. The summed E-state index contributed by atoms with van der Waals surface area (Å²) in [5.74, 6) is 0.423. The quantitative estimate of drug-likeness (QED) is 0.861. The molecule has 1 aliphatic rings. The molecule has 1 aromatic carbocycles. The normalized spacial score (nSPS) is 23.1. The van der Waals surface area contributed by atoms with Crippen molar-refractivity contribution in [1.82, 2.24) is 0 Å². The second kappa shape index (κ2) is 5.17. The fraction of sp³-hybridized carbons (Fsp3) is 0.538. The van der Waals surface area contributed by atoms with E-state index in [1.165, 1.54) is 0 Å². The molecule has 0 saturated carbocycles. The zero-order valence-corrected chi connectivity index (χ0v) is 10.3. The van der Waals surface area contributed by atoms with Gasteiger partial charge in [0.25, 0.3) is 0 Å². The van der Waals surface area contributed by atoms with Gasteiger partial charge in [0.05, 0.1) is 6.61 Å². The summed E-state index contributed by atoms with van der Waals surface area (Å²) in [6.45, 7) is 3.68. The summed E-state index contributed by atoms with van der Waals surface area (Å²) in [6.07, 6.45) is 2.25. The van der Waals surface area contributed by atoms with Gasteiger partial charge in [-0.15, -0.1) is 0 Å². The Morgan fingerprint density at radius 2 is 2.25 bits per heavy atom. The third-order valence-electron chi connectivity index (χ3n) is 3.15. The number of aryl methyl sites for hydroxylation is 1. The summed E-state index contributed by atoms with van der Waals surface area (Å²) in [7, 11) is 0. The number of halogens is 1. The van der Waals surface area contributed by atoms with Crippen LogP contribution in [0.1, 0.15) is 30.0 Å². The summed E-state index contributed by atoms with van der Waals surface area (Å²) in [5.41, 5.74) is 8.56. The zero-order valence-electron chi connectivity index (χ0n) is 9.58. The van der Waals surface area contributed by atoms with Crippen molar-refractivity contribution in [2.24, 2.45) is 11.7 Å². The first kappa shape index (κ1) is 11.9. The van der Waals surface area contributed by atoms with Crippen LogP contribution in [0, 0.1) is 12.8 Å². The Morgan fingerprint density at radius 1 is 1.44 bits per heavy atom. The second-order valence-corrected chi connectivity index (χ2v) is 5.00. The Labute approximate surface area is 102 Å². The van der Waals surface area contributed by atoms with Crippen molar-refractivity contribution in [2.75, 3.05) is 13.2 Å². The van der Waals surface area contributed by atoms with E-state index in [0.29, 0.717) is 5.92 Å². The molecule has 0 amide bonds. The largest absolute Gasteiger partial charge is 0.381 e. The predicted molar refractivity (Wildman–Crippen MR) is 66.7 cm³/mol. The van der Waals surface area contributed by atoms with Gasteiger partial charge in [-0.3, -0.25) is 0 Å². The lowest BCUT2D eigenvalue weighted by atomic mass is 9.89. The highest BCUT2D eigenvalue weighted by Crippen LogP contribution is 2.28.